The lowest BCUT2D eigenvalue weighted by molar-refractivity contribution is -0.157. The molecule has 0 aliphatic carbocycles. The Bertz CT molecular complexity index is 5630. The Hall–Kier alpha value is -13.6. The van der Waals surface area contributed by atoms with E-state index in [2.05, 4.69) is 53.4 Å². The Morgan fingerprint density at radius 3 is 1.47 bits per heavy atom. The quantitative estimate of drug-likeness (QED) is 0.0139. The van der Waals surface area contributed by atoms with E-state index < -0.39 is 67.0 Å². The second-order valence-electron chi connectivity index (χ2n) is 33.3. The first-order valence-corrected chi connectivity index (χ1v) is 44.2. The predicted octanol–water partition coefficient (Wildman–Crippen LogP) is 15.1. The monoisotopic (exact) mass is 1770 g/mol. The van der Waals surface area contributed by atoms with E-state index in [9.17, 15) is 43.5 Å². The summed E-state index contributed by atoms with van der Waals surface area (Å²) in [4.78, 5) is 118. The zero-order chi connectivity index (χ0) is 93.5. The summed E-state index contributed by atoms with van der Waals surface area (Å²) in [6.07, 6.45) is 1.25. The second-order valence-corrected chi connectivity index (χ2v) is 33.3. The number of urea groups is 2. The third-order valence-corrected chi connectivity index (χ3v) is 22.5. The number of piperazine rings is 1. The van der Waals surface area contributed by atoms with Crippen molar-refractivity contribution in [1.82, 2.24) is 55.6 Å². The van der Waals surface area contributed by atoms with E-state index in [1.165, 1.54) is 23.8 Å². The molecule has 2 unspecified atom stereocenters. The van der Waals surface area contributed by atoms with Crippen LogP contribution in [0.15, 0.2) is 286 Å². The number of benzene rings is 11. The normalized spacial score (nSPS) is 14.5. The van der Waals surface area contributed by atoms with Gasteiger partial charge in [-0.25, -0.2) is 24.4 Å². The lowest BCUT2D eigenvalue weighted by Gasteiger charge is -2.46. The Labute approximate surface area is 768 Å². The van der Waals surface area contributed by atoms with Gasteiger partial charge in [-0.05, 0) is 144 Å². The van der Waals surface area contributed by atoms with Crippen molar-refractivity contribution in [2.75, 3.05) is 73.2 Å². The molecule has 0 spiro atoms. The van der Waals surface area contributed by atoms with Crippen molar-refractivity contribution in [1.29, 1.82) is 0 Å². The van der Waals surface area contributed by atoms with Crippen LogP contribution in [0.4, 0.5) is 14.4 Å². The number of hydrazine groups is 2. The fraction of sp³-hybridized carbons (Fsp3) is 0.314. The van der Waals surface area contributed by atoms with Crippen LogP contribution in [-0.4, -0.2) is 208 Å². The van der Waals surface area contributed by atoms with Crippen molar-refractivity contribution in [2.45, 2.75) is 143 Å². The minimum atomic E-state index is -1.08. The summed E-state index contributed by atoms with van der Waals surface area (Å²) >= 11 is 0. The number of aryl methyl sites for hydroxylation is 2. The van der Waals surface area contributed by atoms with Crippen LogP contribution in [0, 0.1) is 13.8 Å². The minimum absolute atomic E-state index is 0.0429. The maximum Gasteiger partial charge on any atom is 0.429 e. The highest BCUT2D eigenvalue weighted by Crippen LogP contribution is 2.33. The highest BCUT2D eigenvalue weighted by molar-refractivity contribution is 5.94. The number of amides is 10. The van der Waals surface area contributed by atoms with Crippen LogP contribution in [0.25, 0.3) is 32.3 Å². The number of hydrogen-bond acceptors (Lipinski definition) is 16. The topological polar surface area (TPSA) is 291 Å². The highest BCUT2D eigenvalue weighted by atomic mass is 16.7. The van der Waals surface area contributed by atoms with Crippen molar-refractivity contribution in [3.05, 3.63) is 342 Å². The van der Waals surface area contributed by atoms with Crippen LogP contribution in [-0.2, 0) is 99.6 Å². The van der Waals surface area contributed by atoms with Gasteiger partial charge in [0.25, 0.3) is 0 Å². The summed E-state index contributed by atoms with van der Waals surface area (Å²) in [5.74, 6) is -1.44. The number of ether oxygens (including phenoxy) is 5. The fourth-order valence-electron chi connectivity index (χ4n) is 15.9. The molecular formula is C105H122N12O14. The Morgan fingerprint density at radius 2 is 0.985 bits per heavy atom. The molecule has 26 nitrogen and oxygen atoms in total. The van der Waals surface area contributed by atoms with Crippen molar-refractivity contribution in [2.24, 2.45) is 5.73 Å². The Kier molecular flexibility index (Phi) is 36.0. The highest BCUT2D eigenvalue weighted by Gasteiger charge is 2.52. The van der Waals surface area contributed by atoms with Gasteiger partial charge in [-0.2, -0.15) is 5.01 Å². The van der Waals surface area contributed by atoms with Gasteiger partial charge in [0.15, 0.2) is 12.6 Å². The first-order valence-electron chi connectivity index (χ1n) is 44.2. The number of fused-ring (bicyclic) bond motifs is 4. The van der Waals surface area contributed by atoms with E-state index in [-0.39, 0.29) is 94.1 Å². The second kappa shape index (κ2) is 48.2. The molecular weight excluding hydrogens is 1650 g/mol. The summed E-state index contributed by atoms with van der Waals surface area (Å²) in [6.45, 7) is 22.8. The third kappa shape index (κ3) is 27.7. The smallest absolute Gasteiger partial charge is 0.429 e. The van der Waals surface area contributed by atoms with Crippen LogP contribution in [0.2, 0.25) is 0 Å². The summed E-state index contributed by atoms with van der Waals surface area (Å²) in [5.41, 5.74) is 15.1. The van der Waals surface area contributed by atoms with Gasteiger partial charge in [-0.15, -0.1) is 13.2 Å². The van der Waals surface area contributed by atoms with Gasteiger partial charge < -0.3 is 70.1 Å². The number of carbonyl (C=O) groups is 8. The summed E-state index contributed by atoms with van der Waals surface area (Å²) < 4.78 is 28.2. The van der Waals surface area contributed by atoms with Gasteiger partial charge in [0.05, 0.1) is 45.3 Å². The number of nitrogens with one attached hydrogen (secondary N) is 3. The van der Waals surface area contributed by atoms with E-state index in [4.69, 9.17) is 29.4 Å². The standard InChI is InChI=1S/C44H55N5O7.C35H35N5O4.C26H32N2O3/c1-8-26-48(42(52)45-28-34-16-11-10-12-17-34)49(43(53)56-44(4,5)6)30-39(50)46-38(27-33-24-22-32(3)23-25-33)41(51)47(31-40(54-7)55-9-2)29-36-20-15-19-35-18-13-14-21-37(35)36;1-2-19-38(35(44)36-21-26-9-4-3-5-10-26)39-24-33(42)40-31(20-25-15-17-29(41)18-16-25)34(43)37(23-32(39)40)22-28-13-8-12-27-11-6-7-14-30(27)28;1-4-31-25(30-3)18-28(17-22-10-7-9-21-8-5-6-11-23(21)22)26(29)24(27)16-20-14-12-19(2)13-15-20/h8,10-25,38,40H,1,9,26-31H2,2-7H3,(H,45,52)(H,46,50);2-18,31-32,41H,1,19-24H2,(H,36,44);5-15,24-25H,4,16-18,27H2,1-3H3/t38-,40?;31-,32+;24-,25?/m000/s1. The average molecular weight is 1780 g/mol. The van der Waals surface area contributed by atoms with Crippen LogP contribution in [0.5, 0.6) is 5.75 Å². The molecule has 0 saturated carbocycles. The molecule has 26 heteroatoms. The molecule has 2 heterocycles. The number of carbonyl (C=O) groups excluding carboxylic acids is 8. The number of methoxy groups -OCH3 is 2. The van der Waals surface area contributed by atoms with Gasteiger partial charge >= 0.3 is 18.2 Å². The molecule has 11 aromatic carbocycles. The molecule has 11 aromatic rings. The molecule has 10 amide bonds. The molecule has 6 atom stereocenters. The molecule has 0 bridgehead atoms. The zero-order valence-electron chi connectivity index (χ0n) is 76.3. The number of nitrogens with zero attached hydrogens (tertiary/aromatic N) is 8. The van der Waals surface area contributed by atoms with Crippen molar-refractivity contribution in [3.63, 3.8) is 0 Å². The molecule has 0 radical (unpaired) electrons. The van der Waals surface area contributed by atoms with Crippen LogP contribution < -0.4 is 21.7 Å². The van der Waals surface area contributed by atoms with Crippen molar-refractivity contribution in [3.8, 4) is 5.75 Å². The number of phenols is 1. The molecule has 0 aromatic heterocycles. The SMILES string of the molecule is C=CCN(C(=O)NCc1ccccc1)N(CC(=O)N[C@@H](Cc1ccc(C)cc1)C(=O)N(Cc1cccc2ccccc12)CC(OC)OCC)C(=O)OC(C)(C)C.C=CCN(C(=O)NCc1ccccc1)N1CC(=O)N2[C@@H](Cc3ccc(O)cc3)C(=O)N(Cc3cccc4ccccc34)C[C@@H]21.CCOC(CN(Cc1cccc2ccccc12)C(=O)[C@@H](N)Cc1ccc(C)cc1)OC. The van der Waals surface area contributed by atoms with Crippen LogP contribution in [0.1, 0.15) is 90.3 Å². The van der Waals surface area contributed by atoms with Gasteiger partial charge in [0, 0.05) is 73.0 Å². The molecule has 131 heavy (non-hydrogen) atoms. The van der Waals surface area contributed by atoms with Crippen LogP contribution in [0.3, 0.4) is 0 Å². The number of rotatable bonds is 36. The first-order chi connectivity index (χ1) is 63.2. The van der Waals surface area contributed by atoms with Crippen LogP contribution >= 0.6 is 0 Å². The van der Waals surface area contributed by atoms with E-state index in [1.807, 2.05) is 240 Å². The fourth-order valence-corrected chi connectivity index (χ4v) is 15.9. The number of aromatic hydroxyl groups is 1. The minimum Gasteiger partial charge on any atom is -0.508 e. The number of hydrogen-bond donors (Lipinski definition) is 5. The maximum atomic E-state index is 14.8. The predicted molar refractivity (Wildman–Crippen MR) is 510 cm³/mol. The summed E-state index contributed by atoms with van der Waals surface area (Å²) in [5, 5.41) is 30.2. The average Bonchev–Trinajstić information content (AvgIpc) is 1.64. The largest absolute Gasteiger partial charge is 0.508 e. The molecule has 13 rings (SSSR count). The van der Waals surface area contributed by atoms with E-state index in [0.717, 1.165) is 92.4 Å². The van der Waals surface area contributed by atoms with Crippen molar-refractivity contribution < 1.29 is 67.1 Å². The van der Waals surface area contributed by atoms with Crippen molar-refractivity contribution >= 4 is 80.0 Å². The molecule has 686 valence electrons. The Balaban J connectivity index is 0.000000197. The molecule has 2 saturated heterocycles. The van der Waals surface area contributed by atoms with Gasteiger partial charge in [-0.3, -0.25) is 29.0 Å². The van der Waals surface area contributed by atoms with Gasteiger partial charge in [0.1, 0.15) is 36.1 Å². The summed E-state index contributed by atoms with van der Waals surface area (Å²) in [6, 6.07) is 80.2. The molecule has 2 fully saturated rings. The number of nitrogens with two attached hydrogens (primary N) is 1. The van der Waals surface area contributed by atoms with E-state index in [1.54, 1.807) is 82.8 Å². The first kappa shape index (κ1) is 98.0. The molecule has 6 N–H and O–H groups in total. The van der Waals surface area contributed by atoms with Gasteiger partial charge in [-0.1, -0.05) is 272 Å². The molecule has 2 aliphatic heterocycles. The van der Waals surface area contributed by atoms with E-state index in [0.29, 0.717) is 45.8 Å². The Morgan fingerprint density at radius 1 is 0.534 bits per heavy atom. The molecule has 2 aliphatic rings. The lowest BCUT2D eigenvalue weighted by atomic mass is 9.99. The lowest BCUT2D eigenvalue weighted by Crippen LogP contribution is -2.66. The van der Waals surface area contributed by atoms with Gasteiger partial charge in [0.2, 0.25) is 29.5 Å². The third-order valence-electron chi connectivity index (χ3n) is 22.5. The van der Waals surface area contributed by atoms with E-state index >= 15 is 0 Å². The zero-order valence-corrected chi connectivity index (χ0v) is 76.3. The number of phenolic OH excluding ortho intramolecular Hbond substituents is 1. The summed E-state index contributed by atoms with van der Waals surface area (Å²) in [7, 11) is 3.11. The maximum absolute atomic E-state index is 14.8.